The monoisotopic (exact) mass is 323 g/mol. The van der Waals surface area contributed by atoms with Crippen molar-refractivity contribution in [3.8, 4) is 0 Å². The van der Waals surface area contributed by atoms with Crippen molar-refractivity contribution in [3.63, 3.8) is 0 Å². The van der Waals surface area contributed by atoms with Gasteiger partial charge in [0, 0.05) is 35.2 Å². The van der Waals surface area contributed by atoms with Gasteiger partial charge in [0.1, 0.15) is 0 Å². The maximum absolute atomic E-state index is 11.9. The summed E-state index contributed by atoms with van der Waals surface area (Å²) in [6.07, 6.45) is 2.88. The molecule has 0 spiro atoms. The van der Waals surface area contributed by atoms with Gasteiger partial charge in [0.25, 0.3) is 0 Å². The molecule has 0 aromatic heterocycles. The molecule has 0 saturated heterocycles. The van der Waals surface area contributed by atoms with Gasteiger partial charge in [-0.1, -0.05) is 12.1 Å². The van der Waals surface area contributed by atoms with E-state index in [0.29, 0.717) is 24.6 Å². The lowest BCUT2D eigenvalue weighted by atomic mass is 10.2. The predicted molar refractivity (Wildman–Crippen MR) is 79.6 cm³/mol. The second-order valence-corrected chi connectivity index (χ2v) is 7.81. The molecule has 1 aromatic carbocycles. The molecule has 1 unspecified atom stereocenters. The summed E-state index contributed by atoms with van der Waals surface area (Å²) in [4.78, 5) is 0.239. The molecule has 0 saturated carbocycles. The van der Waals surface area contributed by atoms with Gasteiger partial charge >= 0.3 is 0 Å². The van der Waals surface area contributed by atoms with Crippen molar-refractivity contribution >= 4 is 32.4 Å². The van der Waals surface area contributed by atoms with E-state index in [-0.39, 0.29) is 4.90 Å². The van der Waals surface area contributed by atoms with E-state index in [1.165, 1.54) is 0 Å². The zero-order valence-corrected chi connectivity index (χ0v) is 13.2. The zero-order valence-electron chi connectivity index (χ0n) is 10.8. The van der Waals surface area contributed by atoms with E-state index >= 15 is 0 Å². The summed E-state index contributed by atoms with van der Waals surface area (Å²) >= 11 is 5.62. The third-order valence-electron chi connectivity index (χ3n) is 2.52. The number of sulfonamides is 1. The van der Waals surface area contributed by atoms with Crippen molar-refractivity contribution < 1.29 is 12.6 Å². The van der Waals surface area contributed by atoms with E-state index in [0.717, 1.165) is 12.0 Å². The number of nitrogens with one attached hydrogen (secondary N) is 1. The standard InChI is InChI=1S/C12H18ClNO3S2/c1-18(15)10-2-9-14-19(16,17)12-5-3-11(4-6-12)7-8-13/h3-6,14H,2,7-10H2,1H3. The number of hydrogen-bond donors (Lipinski definition) is 1. The molecule has 0 radical (unpaired) electrons. The molecule has 1 N–H and O–H groups in total. The van der Waals surface area contributed by atoms with Crippen LogP contribution in [-0.4, -0.2) is 37.1 Å². The highest BCUT2D eigenvalue weighted by Gasteiger charge is 2.12. The summed E-state index contributed by atoms with van der Waals surface area (Å²) in [5.41, 5.74) is 1.01. The molecular formula is C12H18ClNO3S2. The lowest BCUT2D eigenvalue weighted by Crippen LogP contribution is -2.25. The van der Waals surface area contributed by atoms with Crippen LogP contribution in [0.4, 0.5) is 0 Å². The Morgan fingerprint density at radius 2 is 1.89 bits per heavy atom. The van der Waals surface area contributed by atoms with Crippen LogP contribution in [0.5, 0.6) is 0 Å². The average molecular weight is 324 g/mol. The van der Waals surface area contributed by atoms with Crippen molar-refractivity contribution in [2.24, 2.45) is 0 Å². The average Bonchev–Trinajstić information content (AvgIpc) is 2.36. The first-order valence-corrected chi connectivity index (χ1v) is 9.65. The quantitative estimate of drug-likeness (QED) is 0.582. The van der Waals surface area contributed by atoms with Gasteiger partial charge < -0.3 is 0 Å². The number of aryl methyl sites for hydroxylation is 1. The van der Waals surface area contributed by atoms with Crippen molar-refractivity contribution in [2.75, 3.05) is 24.4 Å². The first-order chi connectivity index (χ1) is 8.95. The summed E-state index contributed by atoms with van der Waals surface area (Å²) in [7, 11) is -4.36. The van der Waals surface area contributed by atoms with Gasteiger partial charge in [0.15, 0.2) is 0 Å². The first kappa shape index (κ1) is 16.6. The van der Waals surface area contributed by atoms with Crippen LogP contribution in [-0.2, 0) is 27.2 Å². The second kappa shape index (κ2) is 7.99. The number of benzene rings is 1. The molecule has 0 aliphatic carbocycles. The maximum atomic E-state index is 11.9. The Kier molecular flexibility index (Phi) is 6.99. The summed E-state index contributed by atoms with van der Waals surface area (Å²) < 4.78 is 37.2. The van der Waals surface area contributed by atoms with E-state index in [9.17, 15) is 12.6 Å². The number of halogens is 1. The van der Waals surface area contributed by atoms with Crippen molar-refractivity contribution in [1.82, 2.24) is 4.72 Å². The van der Waals surface area contributed by atoms with Crippen molar-refractivity contribution in [2.45, 2.75) is 17.7 Å². The van der Waals surface area contributed by atoms with Crippen LogP contribution >= 0.6 is 11.6 Å². The second-order valence-electron chi connectivity index (χ2n) is 4.11. The normalized spacial score (nSPS) is 13.4. The molecule has 1 aromatic rings. The van der Waals surface area contributed by atoms with Crippen LogP contribution in [0, 0.1) is 0 Å². The molecule has 0 amide bonds. The molecular weight excluding hydrogens is 306 g/mol. The van der Waals surface area contributed by atoms with E-state index < -0.39 is 20.8 Å². The van der Waals surface area contributed by atoms with E-state index in [1.807, 2.05) is 0 Å². The van der Waals surface area contributed by atoms with E-state index in [2.05, 4.69) is 4.72 Å². The van der Waals surface area contributed by atoms with Gasteiger partial charge in [-0.2, -0.15) is 0 Å². The lowest BCUT2D eigenvalue weighted by Gasteiger charge is -2.07. The Bertz CT molecular complexity index is 514. The Labute approximate surface area is 122 Å². The number of rotatable bonds is 8. The van der Waals surface area contributed by atoms with E-state index in [4.69, 9.17) is 11.6 Å². The summed E-state index contributed by atoms with van der Waals surface area (Å²) in [6.45, 7) is 0.297. The van der Waals surface area contributed by atoms with E-state index in [1.54, 1.807) is 30.5 Å². The highest BCUT2D eigenvalue weighted by atomic mass is 35.5. The van der Waals surface area contributed by atoms with Gasteiger partial charge in [-0.3, -0.25) is 4.21 Å². The fourth-order valence-corrected chi connectivity index (χ4v) is 3.35. The zero-order chi connectivity index (χ0) is 14.3. The Morgan fingerprint density at radius 3 is 2.42 bits per heavy atom. The molecule has 0 aliphatic heterocycles. The third-order valence-corrected chi connectivity index (χ3v) is 5.05. The Hall–Kier alpha value is -0.430. The van der Waals surface area contributed by atoms with Crippen LogP contribution in [0.2, 0.25) is 0 Å². The molecule has 0 fully saturated rings. The SMILES string of the molecule is CS(=O)CCCNS(=O)(=O)c1ccc(CCCl)cc1. The lowest BCUT2D eigenvalue weighted by molar-refractivity contribution is 0.580. The molecule has 0 heterocycles. The van der Waals surface area contributed by atoms with Crippen molar-refractivity contribution in [1.29, 1.82) is 0 Å². The van der Waals surface area contributed by atoms with Gasteiger partial charge in [-0.25, -0.2) is 13.1 Å². The van der Waals surface area contributed by atoms with Gasteiger partial charge in [-0.05, 0) is 30.5 Å². The Balaban J connectivity index is 2.59. The van der Waals surface area contributed by atoms with Crippen LogP contribution in [0.3, 0.4) is 0 Å². The molecule has 0 bridgehead atoms. The summed E-state index contributed by atoms with van der Waals surface area (Å²) in [5.74, 6) is 1.01. The summed E-state index contributed by atoms with van der Waals surface area (Å²) in [6, 6.07) is 6.67. The van der Waals surface area contributed by atoms with Crippen LogP contribution < -0.4 is 4.72 Å². The number of alkyl halides is 1. The third kappa shape index (κ3) is 6.03. The molecule has 0 aliphatic rings. The molecule has 7 heteroatoms. The highest BCUT2D eigenvalue weighted by molar-refractivity contribution is 7.89. The minimum absolute atomic E-state index is 0.239. The fourth-order valence-electron chi connectivity index (χ4n) is 1.51. The largest absolute Gasteiger partial charge is 0.260 e. The molecule has 108 valence electrons. The predicted octanol–water partition coefficient (Wildman–Crippen LogP) is 1.51. The molecule has 1 atom stereocenters. The van der Waals surface area contributed by atoms with Gasteiger partial charge in [-0.15, -0.1) is 11.6 Å². The smallest absolute Gasteiger partial charge is 0.240 e. The molecule has 1 rings (SSSR count). The first-order valence-electron chi connectivity index (χ1n) is 5.90. The minimum Gasteiger partial charge on any atom is -0.260 e. The van der Waals surface area contributed by atoms with Crippen LogP contribution in [0.15, 0.2) is 29.2 Å². The molecule has 4 nitrogen and oxygen atoms in total. The van der Waals surface area contributed by atoms with Gasteiger partial charge in [0.2, 0.25) is 10.0 Å². The van der Waals surface area contributed by atoms with Crippen LogP contribution in [0.25, 0.3) is 0 Å². The Morgan fingerprint density at radius 1 is 1.26 bits per heavy atom. The summed E-state index contributed by atoms with van der Waals surface area (Å²) in [5, 5.41) is 0. The molecule has 19 heavy (non-hydrogen) atoms. The van der Waals surface area contributed by atoms with Crippen LogP contribution in [0.1, 0.15) is 12.0 Å². The topological polar surface area (TPSA) is 63.2 Å². The maximum Gasteiger partial charge on any atom is 0.240 e. The van der Waals surface area contributed by atoms with Crippen molar-refractivity contribution in [3.05, 3.63) is 29.8 Å². The number of hydrogen-bond acceptors (Lipinski definition) is 3. The fraction of sp³-hybridized carbons (Fsp3) is 0.500. The van der Waals surface area contributed by atoms with Gasteiger partial charge in [0.05, 0.1) is 4.90 Å². The minimum atomic E-state index is -3.47. The highest BCUT2D eigenvalue weighted by Crippen LogP contribution is 2.11.